The minimum Gasteiger partial charge on any atom is -0.294 e. The summed E-state index contributed by atoms with van der Waals surface area (Å²) < 4.78 is 4.51. The molecule has 1 atom stereocenters. The fraction of sp³-hybridized carbons (Fsp3) is 0.368. The van der Waals surface area contributed by atoms with Crippen LogP contribution in [-0.4, -0.2) is 24.4 Å². The van der Waals surface area contributed by atoms with Crippen LogP contribution in [0.2, 0.25) is 5.02 Å². The Morgan fingerprint density at radius 2 is 1.93 bits per heavy atom. The van der Waals surface area contributed by atoms with Gasteiger partial charge in [0.05, 0.1) is 18.3 Å². The number of aromatic nitrogens is 4. The molecule has 3 aromatic rings. The molecule has 9 heteroatoms. The van der Waals surface area contributed by atoms with Gasteiger partial charge in [0.2, 0.25) is 5.95 Å². The van der Waals surface area contributed by atoms with Gasteiger partial charge in [0, 0.05) is 18.6 Å². The smallest absolute Gasteiger partial charge is 0.294 e. The van der Waals surface area contributed by atoms with Crippen LogP contribution in [0.25, 0.3) is 11.2 Å². The molecular weight excluding hydrogens is 380 g/mol. The van der Waals surface area contributed by atoms with Crippen LogP contribution in [0.15, 0.2) is 39.0 Å². The van der Waals surface area contributed by atoms with Crippen molar-refractivity contribution in [1.82, 2.24) is 18.7 Å². The van der Waals surface area contributed by atoms with Crippen LogP contribution in [0.3, 0.4) is 0 Å². The summed E-state index contributed by atoms with van der Waals surface area (Å²) in [5.74, 6) is 0.522. The number of halogens is 1. The van der Waals surface area contributed by atoms with Gasteiger partial charge in [0.15, 0.2) is 11.2 Å². The molecule has 0 amide bonds. The van der Waals surface area contributed by atoms with Gasteiger partial charge in [-0.05, 0) is 32.4 Å². The molecule has 0 saturated heterocycles. The lowest BCUT2D eigenvalue weighted by atomic mass is 10.2. The lowest BCUT2D eigenvalue weighted by molar-refractivity contribution is 0.618. The Bertz CT molecular complexity index is 1240. The molecular formula is C19H21ClN6O2. The second-order valence-corrected chi connectivity index (χ2v) is 7.32. The second-order valence-electron chi connectivity index (χ2n) is 6.91. The normalized spacial score (nSPS) is 16.4. The van der Waals surface area contributed by atoms with E-state index in [9.17, 15) is 9.59 Å². The van der Waals surface area contributed by atoms with Crippen molar-refractivity contribution < 1.29 is 0 Å². The van der Waals surface area contributed by atoms with E-state index in [4.69, 9.17) is 11.6 Å². The van der Waals surface area contributed by atoms with Crippen molar-refractivity contribution in [2.45, 2.75) is 39.9 Å². The molecule has 0 bridgehead atoms. The number of benzene rings is 1. The van der Waals surface area contributed by atoms with E-state index in [0.29, 0.717) is 35.2 Å². The van der Waals surface area contributed by atoms with E-state index in [0.717, 1.165) is 11.3 Å². The molecule has 1 aromatic carbocycles. The van der Waals surface area contributed by atoms with Crippen molar-refractivity contribution in [3.63, 3.8) is 0 Å². The lowest BCUT2D eigenvalue weighted by Crippen LogP contribution is -2.40. The van der Waals surface area contributed by atoms with E-state index in [2.05, 4.69) is 10.1 Å². The Hall–Kier alpha value is -2.87. The van der Waals surface area contributed by atoms with Crippen molar-refractivity contribution in [3.8, 4) is 0 Å². The molecule has 0 fully saturated rings. The molecule has 2 aromatic heterocycles. The number of hydrogen-bond acceptors (Lipinski definition) is 5. The lowest BCUT2D eigenvalue weighted by Gasteiger charge is -2.29. The highest BCUT2D eigenvalue weighted by molar-refractivity contribution is 6.31. The third-order valence-corrected chi connectivity index (χ3v) is 5.62. The summed E-state index contributed by atoms with van der Waals surface area (Å²) >= 11 is 6.32. The summed E-state index contributed by atoms with van der Waals surface area (Å²) in [6.07, 6.45) is 0. The number of rotatable bonds is 3. The zero-order valence-corrected chi connectivity index (χ0v) is 16.9. The second kappa shape index (κ2) is 6.63. The van der Waals surface area contributed by atoms with Crippen molar-refractivity contribution in [2.75, 3.05) is 5.01 Å². The SMILES string of the molecule is CCn1c(=O)c2c(nc3n2[C@H](C)C(C)=NN3Cc2ccccc2Cl)n(C)c1=O. The molecule has 1 aliphatic rings. The van der Waals surface area contributed by atoms with Crippen molar-refractivity contribution >= 4 is 34.4 Å². The van der Waals surface area contributed by atoms with E-state index in [1.807, 2.05) is 42.7 Å². The largest absolute Gasteiger partial charge is 0.332 e. The minimum absolute atomic E-state index is 0.155. The Labute approximate surface area is 166 Å². The van der Waals surface area contributed by atoms with Crippen LogP contribution in [0.1, 0.15) is 32.4 Å². The molecule has 8 nitrogen and oxygen atoms in total. The molecule has 0 saturated carbocycles. The summed E-state index contributed by atoms with van der Waals surface area (Å²) in [6, 6.07) is 7.39. The molecule has 3 heterocycles. The van der Waals surface area contributed by atoms with E-state index in [1.54, 1.807) is 19.0 Å². The predicted octanol–water partition coefficient (Wildman–Crippen LogP) is 2.53. The van der Waals surface area contributed by atoms with Gasteiger partial charge < -0.3 is 0 Å². The monoisotopic (exact) mass is 400 g/mol. The third kappa shape index (κ3) is 2.59. The van der Waals surface area contributed by atoms with E-state index in [-0.39, 0.29) is 17.3 Å². The first-order chi connectivity index (χ1) is 13.3. The van der Waals surface area contributed by atoms with Crippen LogP contribution < -0.4 is 16.3 Å². The Kier molecular flexibility index (Phi) is 4.38. The molecule has 0 spiro atoms. The topological polar surface area (TPSA) is 77.4 Å². The summed E-state index contributed by atoms with van der Waals surface area (Å²) in [6.45, 7) is 6.37. The number of fused-ring (bicyclic) bond motifs is 3. The quantitative estimate of drug-likeness (QED) is 0.676. The Morgan fingerprint density at radius 1 is 1.21 bits per heavy atom. The maximum Gasteiger partial charge on any atom is 0.332 e. The van der Waals surface area contributed by atoms with Gasteiger partial charge in [-0.15, -0.1) is 0 Å². The average Bonchev–Trinajstić information content (AvgIpc) is 3.08. The van der Waals surface area contributed by atoms with Crippen molar-refractivity contribution in [2.24, 2.45) is 12.1 Å². The van der Waals surface area contributed by atoms with Crippen molar-refractivity contribution in [1.29, 1.82) is 0 Å². The van der Waals surface area contributed by atoms with Crippen LogP contribution in [-0.2, 0) is 20.1 Å². The molecule has 0 aliphatic carbocycles. The molecule has 0 N–H and O–H groups in total. The standard InChI is InChI=1S/C19H21ClN6O2/c1-5-24-17(27)15-16(23(4)19(24)28)21-18-25(22-11(2)12(3)26(15)18)10-13-8-6-7-9-14(13)20/h6-9,12H,5,10H2,1-4H3/t12-/m1/s1. The molecule has 146 valence electrons. The highest BCUT2D eigenvalue weighted by Gasteiger charge is 2.30. The first-order valence-corrected chi connectivity index (χ1v) is 9.50. The fourth-order valence-electron chi connectivity index (χ4n) is 3.56. The Balaban J connectivity index is 1.99. The maximum absolute atomic E-state index is 13.0. The first-order valence-electron chi connectivity index (χ1n) is 9.13. The number of anilines is 1. The molecule has 0 unspecified atom stereocenters. The molecule has 28 heavy (non-hydrogen) atoms. The number of aryl methyl sites for hydroxylation is 1. The van der Waals surface area contributed by atoms with Gasteiger partial charge in [0.1, 0.15) is 0 Å². The Morgan fingerprint density at radius 3 is 2.61 bits per heavy atom. The number of nitrogens with zero attached hydrogens (tertiary/aromatic N) is 6. The summed E-state index contributed by atoms with van der Waals surface area (Å²) in [5.41, 5.74) is 1.79. The predicted molar refractivity (Wildman–Crippen MR) is 110 cm³/mol. The van der Waals surface area contributed by atoms with Crippen LogP contribution >= 0.6 is 11.6 Å². The van der Waals surface area contributed by atoms with Gasteiger partial charge in [-0.1, -0.05) is 29.8 Å². The first kappa shape index (κ1) is 18.5. The molecule has 0 radical (unpaired) electrons. The van der Waals surface area contributed by atoms with E-state index < -0.39 is 0 Å². The number of hydrazone groups is 1. The third-order valence-electron chi connectivity index (χ3n) is 5.25. The summed E-state index contributed by atoms with van der Waals surface area (Å²) in [7, 11) is 1.63. The zero-order valence-electron chi connectivity index (χ0n) is 16.2. The van der Waals surface area contributed by atoms with E-state index in [1.165, 1.54) is 9.13 Å². The van der Waals surface area contributed by atoms with Crippen LogP contribution in [0, 0.1) is 0 Å². The van der Waals surface area contributed by atoms with Gasteiger partial charge in [-0.2, -0.15) is 10.1 Å². The van der Waals surface area contributed by atoms with Gasteiger partial charge in [0.25, 0.3) is 5.56 Å². The van der Waals surface area contributed by atoms with Gasteiger partial charge in [-0.25, -0.2) is 9.80 Å². The highest BCUT2D eigenvalue weighted by Crippen LogP contribution is 2.31. The van der Waals surface area contributed by atoms with E-state index >= 15 is 0 Å². The zero-order chi connectivity index (χ0) is 20.2. The van der Waals surface area contributed by atoms with Crippen molar-refractivity contribution in [3.05, 3.63) is 55.7 Å². The van der Waals surface area contributed by atoms with Crippen LogP contribution in [0.4, 0.5) is 5.95 Å². The minimum atomic E-state index is -0.376. The molecule has 4 rings (SSSR count). The van der Waals surface area contributed by atoms with Gasteiger partial charge >= 0.3 is 5.69 Å². The summed E-state index contributed by atoms with van der Waals surface area (Å²) in [4.78, 5) is 30.2. The average molecular weight is 401 g/mol. The molecule has 1 aliphatic heterocycles. The number of imidazole rings is 1. The number of hydrogen-bond donors (Lipinski definition) is 0. The van der Waals surface area contributed by atoms with Gasteiger partial charge in [-0.3, -0.25) is 18.5 Å². The van der Waals surface area contributed by atoms with Crippen LogP contribution in [0.5, 0.6) is 0 Å². The highest BCUT2D eigenvalue weighted by atomic mass is 35.5. The maximum atomic E-state index is 13.0. The fourth-order valence-corrected chi connectivity index (χ4v) is 3.75. The summed E-state index contributed by atoms with van der Waals surface area (Å²) in [5, 5.41) is 7.04.